The molecule has 134 valence electrons. The van der Waals surface area contributed by atoms with E-state index in [4.69, 9.17) is 14.0 Å². The Bertz CT molecular complexity index is 579. The van der Waals surface area contributed by atoms with Gasteiger partial charge in [-0.3, -0.25) is 0 Å². The molecule has 7 nitrogen and oxygen atoms in total. The van der Waals surface area contributed by atoms with Crippen LogP contribution in [-0.2, 0) is 14.9 Å². The van der Waals surface area contributed by atoms with E-state index in [-0.39, 0.29) is 17.4 Å². The summed E-state index contributed by atoms with van der Waals surface area (Å²) in [4.78, 5) is 18.6. The van der Waals surface area contributed by atoms with Crippen molar-refractivity contribution in [3.05, 3.63) is 11.7 Å². The molecule has 0 N–H and O–H groups in total. The van der Waals surface area contributed by atoms with E-state index >= 15 is 0 Å². The summed E-state index contributed by atoms with van der Waals surface area (Å²) in [7, 11) is 0. The van der Waals surface area contributed by atoms with Gasteiger partial charge in [0, 0.05) is 25.6 Å². The van der Waals surface area contributed by atoms with Crippen molar-refractivity contribution >= 4 is 6.09 Å². The normalized spacial score (nSPS) is 24.2. The molecule has 2 aliphatic heterocycles. The van der Waals surface area contributed by atoms with Crippen LogP contribution in [0.2, 0.25) is 0 Å². The van der Waals surface area contributed by atoms with Crippen LogP contribution in [0.25, 0.3) is 0 Å². The summed E-state index contributed by atoms with van der Waals surface area (Å²) in [6.45, 7) is 10.5. The number of ether oxygens (including phenoxy) is 2. The standard InChI is InChI=1S/C17H27N3O4/c1-16(2,3)23-15(21)20-8-6-17(4,7-9-20)14-18-13(19-24-14)12-5-10-22-11-12/h12H,5-11H2,1-4H3. The van der Waals surface area contributed by atoms with Crippen LogP contribution in [0.15, 0.2) is 4.52 Å². The number of carbonyl (C=O) groups excluding carboxylic acids is 1. The molecular weight excluding hydrogens is 310 g/mol. The lowest BCUT2D eigenvalue weighted by Crippen LogP contribution is -2.45. The molecule has 3 rings (SSSR count). The monoisotopic (exact) mass is 337 g/mol. The molecular formula is C17H27N3O4. The van der Waals surface area contributed by atoms with Gasteiger partial charge < -0.3 is 18.9 Å². The highest BCUT2D eigenvalue weighted by molar-refractivity contribution is 5.68. The summed E-state index contributed by atoms with van der Waals surface area (Å²) >= 11 is 0. The summed E-state index contributed by atoms with van der Waals surface area (Å²) in [5.41, 5.74) is -0.661. The quantitative estimate of drug-likeness (QED) is 0.826. The molecule has 1 unspecified atom stereocenters. The number of nitrogens with zero attached hydrogens (tertiary/aromatic N) is 3. The lowest BCUT2D eigenvalue weighted by Gasteiger charge is -2.37. The molecule has 0 spiro atoms. The van der Waals surface area contributed by atoms with Gasteiger partial charge in [-0.25, -0.2) is 4.79 Å². The van der Waals surface area contributed by atoms with Gasteiger partial charge in [0.1, 0.15) is 5.60 Å². The zero-order chi connectivity index (χ0) is 17.4. The molecule has 2 saturated heterocycles. The largest absolute Gasteiger partial charge is 0.444 e. The summed E-state index contributed by atoms with van der Waals surface area (Å²) in [6, 6.07) is 0. The van der Waals surface area contributed by atoms with Gasteiger partial charge in [-0.05, 0) is 40.0 Å². The molecule has 3 heterocycles. The highest BCUT2D eigenvalue weighted by atomic mass is 16.6. The Morgan fingerprint density at radius 2 is 2.04 bits per heavy atom. The molecule has 2 fully saturated rings. The van der Waals surface area contributed by atoms with Crippen LogP contribution in [0.1, 0.15) is 64.6 Å². The summed E-state index contributed by atoms with van der Waals surface area (Å²) < 4.78 is 16.4. The Morgan fingerprint density at radius 3 is 2.62 bits per heavy atom. The number of likely N-dealkylation sites (tertiary alicyclic amines) is 1. The fourth-order valence-electron chi connectivity index (χ4n) is 3.11. The highest BCUT2D eigenvalue weighted by Crippen LogP contribution is 2.35. The van der Waals surface area contributed by atoms with Crippen molar-refractivity contribution in [2.45, 2.75) is 63.9 Å². The Labute approximate surface area is 142 Å². The van der Waals surface area contributed by atoms with Crippen molar-refractivity contribution in [1.29, 1.82) is 0 Å². The van der Waals surface area contributed by atoms with Crippen molar-refractivity contribution in [2.24, 2.45) is 0 Å². The zero-order valence-electron chi connectivity index (χ0n) is 15.0. The van der Waals surface area contributed by atoms with Gasteiger partial charge in [0.15, 0.2) is 5.82 Å². The van der Waals surface area contributed by atoms with Crippen LogP contribution >= 0.6 is 0 Å². The predicted molar refractivity (Wildman–Crippen MR) is 86.9 cm³/mol. The minimum Gasteiger partial charge on any atom is -0.444 e. The first kappa shape index (κ1) is 17.2. The van der Waals surface area contributed by atoms with Gasteiger partial charge in [0.05, 0.1) is 12.0 Å². The maximum Gasteiger partial charge on any atom is 0.410 e. The molecule has 24 heavy (non-hydrogen) atoms. The fraction of sp³-hybridized carbons (Fsp3) is 0.824. The molecule has 2 aliphatic rings. The molecule has 0 radical (unpaired) electrons. The molecule has 7 heteroatoms. The average Bonchev–Trinajstić information content (AvgIpc) is 3.17. The van der Waals surface area contributed by atoms with Gasteiger partial charge in [-0.15, -0.1) is 0 Å². The van der Waals surface area contributed by atoms with Gasteiger partial charge in [0.25, 0.3) is 0 Å². The van der Waals surface area contributed by atoms with Crippen molar-refractivity contribution in [2.75, 3.05) is 26.3 Å². The van der Waals surface area contributed by atoms with Crippen molar-refractivity contribution in [3.63, 3.8) is 0 Å². The first-order valence-corrected chi connectivity index (χ1v) is 8.67. The second-order valence-electron chi connectivity index (χ2n) is 8.05. The average molecular weight is 337 g/mol. The first-order chi connectivity index (χ1) is 11.3. The molecule has 0 bridgehead atoms. The van der Waals surface area contributed by atoms with Crippen LogP contribution in [-0.4, -0.2) is 53.0 Å². The van der Waals surface area contributed by atoms with Crippen molar-refractivity contribution in [3.8, 4) is 0 Å². The van der Waals surface area contributed by atoms with E-state index in [1.54, 1.807) is 4.90 Å². The number of hydrogen-bond acceptors (Lipinski definition) is 6. The minimum atomic E-state index is -0.470. The topological polar surface area (TPSA) is 77.7 Å². The van der Waals surface area contributed by atoms with Crippen LogP contribution in [0.3, 0.4) is 0 Å². The van der Waals surface area contributed by atoms with E-state index in [9.17, 15) is 4.79 Å². The van der Waals surface area contributed by atoms with Crippen LogP contribution in [0.4, 0.5) is 4.79 Å². The molecule has 1 atom stereocenters. The van der Waals surface area contributed by atoms with E-state index in [2.05, 4.69) is 17.1 Å². The maximum atomic E-state index is 12.2. The second kappa shape index (κ2) is 6.35. The fourth-order valence-corrected chi connectivity index (χ4v) is 3.11. The van der Waals surface area contributed by atoms with Crippen LogP contribution in [0, 0.1) is 0 Å². The third kappa shape index (κ3) is 3.71. The summed E-state index contributed by atoms with van der Waals surface area (Å²) in [5, 5.41) is 4.15. The minimum absolute atomic E-state index is 0.191. The lowest BCUT2D eigenvalue weighted by molar-refractivity contribution is 0.0156. The Balaban J connectivity index is 1.61. The molecule has 1 aromatic rings. The lowest BCUT2D eigenvalue weighted by atomic mass is 9.80. The van der Waals surface area contributed by atoms with Crippen molar-refractivity contribution < 1.29 is 18.8 Å². The van der Waals surface area contributed by atoms with E-state index < -0.39 is 5.60 Å². The smallest absolute Gasteiger partial charge is 0.410 e. The Morgan fingerprint density at radius 1 is 1.33 bits per heavy atom. The molecule has 0 saturated carbocycles. The maximum absolute atomic E-state index is 12.2. The van der Waals surface area contributed by atoms with E-state index in [0.29, 0.717) is 25.6 Å². The molecule has 0 aromatic carbocycles. The molecule has 0 aliphatic carbocycles. The van der Waals surface area contributed by atoms with Crippen molar-refractivity contribution in [1.82, 2.24) is 15.0 Å². The highest BCUT2D eigenvalue weighted by Gasteiger charge is 2.39. The van der Waals surface area contributed by atoms with Gasteiger partial charge >= 0.3 is 6.09 Å². The van der Waals surface area contributed by atoms with Gasteiger partial charge in [-0.2, -0.15) is 4.98 Å². The van der Waals surface area contributed by atoms with Crippen LogP contribution in [0.5, 0.6) is 0 Å². The third-order valence-corrected chi connectivity index (χ3v) is 4.77. The Hall–Kier alpha value is -1.63. The SMILES string of the molecule is CC(C)(C)OC(=O)N1CCC(C)(c2nc(C3CCOC3)no2)CC1. The third-order valence-electron chi connectivity index (χ3n) is 4.77. The number of carbonyl (C=O) groups is 1. The molecule has 1 amide bonds. The second-order valence-corrected chi connectivity index (χ2v) is 8.05. The van der Waals surface area contributed by atoms with E-state index in [1.807, 2.05) is 20.8 Å². The summed E-state index contributed by atoms with van der Waals surface area (Å²) in [6.07, 6.45) is 2.27. The van der Waals surface area contributed by atoms with E-state index in [0.717, 1.165) is 31.7 Å². The zero-order valence-corrected chi connectivity index (χ0v) is 15.0. The number of aromatic nitrogens is 2. The van der Waals surface area contributed by atoms with Gasteiger partial charge in [-0.1, -0.05) is 12.1 Å². The number of amides is 1. The predicted octanol–water partition coefficient (Wildman–Crippen LogP) is 2.86. The van der Waals surface area contributed by atoms with Gasteiger partial charge in [0.2, 0.25) is 5.89 Å². The number of piperidine rings is 1. The Kier molecular flexibility index (Phi) is 4.55. The van der Waals surface area contributed by atoms with Crippen LogP contribution < -0.4 is 0 Å². The number of rotatable bonds is 2. The first-order valence-electron chi connectivity index (χ1n) is 8.67. The van der Waals surface area contributed by atoms with E-state index in [1.165, 1.54) is 0 Å². The summed E-state index contributed by atoms with van der Waals surface area (Å²) in [5.74, 6) is 1.67. The number of hydrogen-bond donors (Lipinski definition) is 0. The molecule has 1 aromatic heterocycles.